The predicted octanol–water partition coefficient (Wildman–Crippen LogP) is 3.41. The van der Waals surface area contributed by atoms with Crippen LogP contribution in [-0.4, -0.2) is 17.3 Å². The molecule has 0 spiro atoms. The minimum absolute atomic E-state index is 0.237. The molecule has 2 aliphatic rings. The van der Waals surface area contributed by atoms with Crippen LogP contribution < -0.4 is 5.73 Å². The lowest BCUT2D eigenvalue weighted by Crippen LogP contribution is -2.61. The zero-order valence-corrected chi connectivity index (χ0v) is 13.4. The van der Waals surface area contributed by atoms with E-state index < -0.39 is 5.60 Å². The lowest BCUT2D eigenvalue weighted by molar-refractivity contribution is -0.123. The molecule has 0 aliphatic heterocycles. The Labute approximate surface area is 128 Å². The molecule has 2 aliphatic carbocycles. The predicted molar refractivity (Wildman–Crippen MR) is 87.2 cm³/mol. The highest BCUT2D eigenvalue weighted by Crippen LogP contribution is 2.54. The second kappa shape index (κ2) is 5.40. The van der Waals surface area contributed by atoms with E-state index in [0.717, 1.165) is 32.1 Å². The highest BCUT2D eigenvalue weighted by molar-refractivity contribution is 5.43. The topological polar surface area (TPSA) is 46.2 Å². The van der Waals surface area contributed by atoms with E-state index in [9.17, 15) is 5.11 Å². The van der Waals surface area contributed by atoms with Gasteiger partial charge >= 0.3 is 0 Å². The van der Waals surface area contributed by atoms with Crippen LogP contribution in [0.4, 0.5) is 0 Å². The van der Waals surface area contributed by atoms with E-state index in [0.29, 0.717) is 18.4 Å². The van der Waals surface area contributed by atoms with Crippen molar-refractivity contribution in [3.63, 3.8) is 0 Å². The van der Waals surface area contributed by atoms with Gasteiger partial charge in [-0.3, -0.25) is 0 Å². The Morgan fingerprint density at radius 3 is 2.71 bits per heavy atom. The number of nitrogens with two attached hydrogens (primary N) is 1. The summed E-state index contributed by atoms with van der Waals surface area (Å²) < 4.78 is 0. The van der Waals surface area contributed by atoms with Crippen molar-refractivity contribution >= 4 is 0 Å². The average molecular weight is 287 g/mol. The van der Waals surface area contributed by atoms with Crippen molar-refractivity contribution in [3.8, 4) is 0 Å². The molecule has 116 valence electrons. The van der Waals surface area contributed by atoms with Crippen LogP contribution in [0.25, 0.3) is 0 Å². The molecule has 1 fully saturated rings. The van der Waals surface area contributed by atoms with Gasteiger partial charge in [-0.05, 0) is 48.6 Å². The number of hydrogen-bond donors (Lipinski definition) is 2. The molecule has 1 saturated carbocycles. The molecule has 2 nitrogen and oxygen atoms in total. The van der Waals surface area contributed by atoms with Crippen LogP contribution in [0.2, 0.25) is 0 Å². The van der Waals surface area contributed by atoms with Crippen LogP contribution in [0, 0.1) is 11.8 Å². The molecule has 3 atom stereocenters. The normalized spacial score (nSPS) is 36.0. The Morgan fingerprint density at radius 2 is 2.00 bits per heavy atom. The van der Waals surface area contributed by atoms with E-state index in [1.165, 1.54) is 17.5 Å². The first-order valence-corrected chi connectivity index (χ1v) is 8.56. The molecule has 3 N–H and O–H groups in total. The Kier molecular flexibility index (Phi) is 3.87. The third-order valence-electron chi connectivity index (χ3n) is 6.27. The molecule has 0 amide bonds. The maximum absolute atomic E-state index is 11.8. The number of fused-ring (bicyclic) bond motifs is 1. The quantitative estimate of drug-likeness (QED) is 0.895. The number of aliphatic hydroxyl groups is 1. The van der Waals surface area contributed by atoms with Gasteiger partial charge in [0.05, 0.1) is 5.60 Å². The van der Waals surface area contributed by atoms with Gasteiger partial charge in [0.2, 0.25) is 0 Å². The standard InChI is InChI=1S/C19H29NO/c1-14(2)16-8-5-6-11-19(16,21)18(13-20)12-10-15-7-3-4-9-17(15)18/h3-4,7,9,14,16,21H,5-6,8,10-13,20H2,1-2H3. The zero-order valence-electron chi connectivity index (χ0n) is 13.4. The summed E-state index contributed by atoms with van der Waals surface area (Å²) in [5.74, 6) is 0.868. The number of rotatable bonds is 3. The first-order valence-electron chi connectivity index (χ1n) is 8.56. The molecule has 1 aromatic rings. The van der Waals surface area contributed by atoms with Crippen molar-refractivity contribution in [2.45, 2.75) is 63.4 Å². The highest BCUT2D eigenvalue weighted by Gasteiger charge is 2.57. The lowest BCUT2D eigenvalue weighted by Gasteiger charge is -2.53. The SMILES string of the molecule is CC(C)C1CCCCC1(O)C1(CN)CCc2ccccc21. The monoisotopic (exact) mass is 287 g/mol. The molecule has 2 heteroatoms. The van der Waals surface area contributed by atoms with Gasteiger partial charge in [-0.25, -0.2) is 0 Å². The van der Waals surface area contributed by atoms with Crippen LogP contribution >= 0.6 is 0 Å². The van der Waals surface area contributed by atoms with E-state index in [1.54, 1.807) is 0 Å². The van der Waals surface area contributed by atoms with Gasteiger partial charge in [-0.15, -0.1) is 0 Å². The zero-order chi connectivity index (χ0) is 15.1. The van der Waals surface area contributed by atoms with Gasteiger partial charge in [0.15, 0.2) is 0 Å². The highest BCUT2D eigenvalue weighted by atomic mass is 16.3. The van der Waals surface area contributed by atoms with E-state index in [1.807, 2.05) is 0 Å². The third kappa shape index (κ3) is 2.07. The van der Waals surface area contributed by atoms with Gasteiger partial charge in [0, 0.05) is 12.0 Å². The summed E-state index contributed by atoms with van der Waals surface area (Å²) in [4.78, 5) is 0. The fraction of sp³-hybridized carbons (Fsp3) is 0.684. The van der Waals surface area contributed by atoms with Gasteiger partial charge < -0.3 is 10.8 Å². The van der Waals surface area contributed by atoms with Crippen LogP contribution in [0.15, 0.2) is 24.3 Å². The third-order valence-corrected chi connectivity index (χ3v) is 6.27. The van der Waals surface area contributed by atoms with E-state index in [4.69, 9.17) is 5.73 Å². The Bertz CT molecular complexity index is 512. The molecule has 3 rings (SSSR count). The molecule has 21 heavy (non-hydrogen) atoms. The molecular weight excluding hydrogens is 258 g/mol. The van der Waals surface area contributed by atoms with Crippen LogP contribution in [0.3, 0.4) is 0 Å². The molecular formula is C19H29NO. The molecule has 0 saturated heterocycles. The fourth-order valence-corrected chi connectivity index (χ4v) is 5.19. The number of aryl methyl sites for hydroxylation is 1. The van der Waals surface area contributed by atoms with Crippen molar-refractivity contribution in [2.24, 2.45) is 17.6 Å². The number of hydrogen-bond acceptors (Lipinski definition) is 2. The summed E-state index contributed by atoms with van der Waals surface area (Å²) in [6.45, 7) is 5.07. The number of benzene rings is 1. The van der Waals surface area contributed by atoms with Crippen molar-refractivity contribution in [2.75, 3.05) is 6.54 Å². The van der Waals surface area contributed by atoms with Gasteiger partial charge in [-0.2, -0.15) is 0 Å². The molecule has 3 unspecified atom stereocenters. The molecule has 0 heterocycles. The maximum Gasteiger partial charge on any atom is 0.0786 e. The van der Waals surface area contributed by atoms with Crippen molar-refractivity contribution in [3.05, 3.63) is 35.4 Å². The largest absolute Gasteiger partial charge is 0.389 e. The Hall–Kier alpha value is -0.860. The second-order valence-corrected chi connectivity index (χ2v) is 7.46. The van der Waals surface area contributed by atoms with Crippen LogP contribution in [0.1, 0.15) is 57.1 Å². The van der Waals surface area contributed by atoms with Gasteiger partial charge in [0.25, 0.3) is 0 Å². The summed E-state index contributed by atoms with van der Waals surface area (Å²) in [7, 11) is 0. The van der Waals surface area contributed by atoms with E-state index in [-0.39, 0.29) is 5.41 Å². The minimum Gasteiger partial charge on any atom is -0.389 e. The maximum atomic E-state index is 11.8. The Morgan fingerprint density at radius 1 is 1.24 bits per heavy atom. The summed E-state index contributed by atoms with van der Waals surface area (Å²) in [5.41, 5.74) is 8.14. The second-order valence-electron chi connectivity index (χ2n) is 7.46. The van der Waals surface area contributed by atoms with Crippen LogP contribution in [0.5, 0.6) is 0 Å². The van der Waals surface area contributed by atoms with Gasteiger partial charge in [-0.1, -0.05) is 51.0 Å². The Balaban J connectivity index is 2.10. The summed E-state index contributed by atoms with van der Waals surface area (Å²) in [6, 6.07) is 8.63. The molecule has 1 aromatic carbocycles. The average Bonchev–Trinajstić information content (AvgIpc) is 2.88. The minimum atomic E-state index is -0.638. The van der Waals surface area contributed by atoms with Gasteiger partial charge in [0.1, 0.15) is 0 Å². The molecule has 0 bridgehead atoms. The smallest absolute Gasteiger partial charge is 0.0786 e. The summed E-state index contributed by atoms with van der Waals surface area (Å²) in [5, 5.41) is 11.8. The molecule has 0 aromatic heterocycles. The van der Waals surface area contributed by atoms with Crippen LogP contribution in [-0.2, 0) is 11.8 Å². The summed E-state index contributed by atoms with van der Waals surface area (Å²) in [6.07, 6.45) is 6.47. The van der Waals surface area contributed by atoms with E-state index in [2.05, 4.69) is 38.1 Å². The lowest BCUT2D eigenvalue weighted by atomic mass is 9.55. The fourth-order valence-electron chi connectivity index (χ4n) is 5.19. The summed E-state index contributed by atoms with van der Waals surface area (Å²) >= 11 is 0. The van der Waals surface area contributed by atoms with Crippen molar-refractivity contribution in [1.82, 2.24) is 0 Å². The van der Waals surface area contributed by atoms with Crippen molar-refractivity contribution in [1.29, 1.82) is 0 Å². The van der Waals surface area contributed by atoms with E-state index >= 15 is 0 Å². The molecule has 0 radical (unpaired) electrons. The van der Waals surface area contributed by atoms with Crippen molar-refractivity contribution < 1.29 is 5.11 Å². The first-order chi connectivity index (χ1) is 10.0. The first kappa shape index (κ1) is 15.1.